The van der Waals surface area contributed by atoms with Crippen molar-refractivity contribution < 1.29 is 43.2 Å². The van der Waals surface area contributed by atoms with Gasteiger partial charge >= 0.3 is 12.4 Å². The summed E-state index contributed by atoms with van der Waals surface area (Å²) in [6.45, 7) is 4.40. The molecule has 0 unspecified atom stereocenters. The van der Waals surface area contributed by atoms with E-state index in [1.165, 1.54) is 0 Å². The van der Waals surface area contributed by atoms with Gasteiger partial charge in [0.2, 0.25) is 20.0 Å². The number of rotatable bonds is 10. The van der Waals surface area contributed by atoms with Crippen molar-refractivity contribution in [2.24, 2.45) is 11.8 Å². The Morgan fingerprint density at radius 3 is 1.39 bits per heavy atom. The van der Waals surface area contributed by atoms with Crippen molar-refractivity contribution in [3.8, 4) is 0 Å². The van der Waals surface area contributed by atoms with Crippen molar-refractivity contribution in [3.05, 3.63) is 48.6 Å². The van der Waals surface area contributed by atoms with Crippen LogP contribution in [-0.2, 0) is 20.0 Å². The zero-order chi connectivity index (χ0) is 40.2. The fourth-order valence-electron chi connectivity index (χ4n) is 7.55. The highest BCUT2D eigenvalue weighted by molar-refractivity contribution is 7.89. The first kappa shape index (κ1) is 39.8. The maximum atomic E-state index is 12.5. The van der Waals surface area contributed by atoms with Crippen LogP contribution in [0.2, 0.25) is 0 Å². The molecule has 0 radical (unpaired) electrons. The second-order valence-electron chi connectivity index (χ2n) is 14.0. The van der Waals surface area contributed by atoms with Gasteiger partial charge in [0.05, 0.1) is 47.8 Å². The minimum absolute atomic E-state index is 0.0600. The Morgan fingerprint density at radius 2 is 1.04 bits per heavy atom. The van der Waals surface area contributed by atoms with Crippen molar-refractivity contribution in [3.63, 3.8) is 0 Å². The zero-order valence-corrected chi connectivity index (χ0v) is 31.7. The van der Waals surface area contributed by atoms with Crippen LogP contribution in [0.15, 0.2) is 36.9 Å². The SMILES string of the molecule is CC[C@@H]1CN(S(=O)(=O)CCC(F)(F)F)C[C@@H]1c1nnc2cnc3[nH]ccc3n12.CC[C@H]1CN(S(=O)(=O)CCC(F)(F)F)C[C@H]1c1nnc2cnc3[nH]ccc3n12. The number of nitrogens with zero attached hydrogens (tertiary/aromatic N) is 10. The molecule has 304 valence electrons. The number of aromatic amines is 2. The molecule has 6 aromatic heterocycles. The third kappa shape index (κ3) is 7.92. The van der Waals surface area contributed by atoms with Gasteiger partial charge in [-0.25, -0.2) is 35.4 Å². The molecular weight excluding hydrogens is 795 g/mol. The van der Waals surface area contributed by atoms with Crippen LogP contribution in [0.25, 0.3) is 33.6 Å². The van der Waals surface area contributed by atoms with Gasteiger partial charge in [0.25, 0.3) is 0 Å². The summed E-state index contributed by atoms with van der Waals surface area (Å²) in [5.74, 6) is -1.32. The number of fused-ring (bicyclic) bond motifs is 6. The molecule has 0 bridgehead atoms. The van der Waals surface area contributed by atoms with Crippen molar-refractivity contribution >= 4 is 53.7 Å². The first-order chi connectivity index (χ1) is 26.4. The Hall–Kier alpha value is -4.42. The van der Waals surface area contributed by atoms with Crippen molar-refractivity contribution in [2.45, 2.75) is 63.7 Å². The van der Waals surface area contributed by atoms with Crippen LogP contribution >= 0.6 is 0 Å². The Balaban J connectivity index is 0.000000172. The molecule has 0 saturated carbocycles. The molecule has 16 nitrogen and oxygen atoms in total. The second kappa shape index (κ2) is 14.8. The van der Waals surface area contributed by atoms with Crippen LogP contribution in [0.5, 0.6) is 0 Å². The topological polar surface area (TPSA) is 192 Å². The van der Waals surface area contributed by atoms with Gasteiger partial charge in [-0.1, -0.05) is 26.7 Å². The molecule has 2 aliphatic rings. The van der Waals surface area contributed by atoms with Crippen molar-refractivity contribution in [1.82, 2.24) is 57.7 Å². The third-order valence-corrected chi connectivity index (χ3v) is 14.1. The lowest BCUT2D eigenvalue weighted by molar-refractivity contribution is -0.130. The molecular formula is C32H38F6N12O4S2. The molecule has 56 heavy (non-hydrogen) atoms. The monoisotopic (exact) mass is 832 g/mol. The van der Waals surface area contributed by atoms with E-state index in [4.69, 9.17) is 0 Å². The molecule has 2 N–H and O–H groups in total. The average molecular weight is 833 g/mol. The van der Waals surface area contributed by atoms with Crippen LogP contribution in [-0.4, -0.2) is 125 Å². The van der Waals surface area contributed by atoms with Crippen LogP contribution in [0.4, 0.5) is 26.3 Å². The number of aromatic nitrogens is 10. The van der Waals surface area contributed by atoms with Crippen LogP contribution < -0.4 is 0 Å². The molecule has 8 rings (SSSR count). The van der Waals surface area contributed by atoms with Gasteiger partial charge < -0.3 is 9.97 Å². The summed E-state index contributed by atoms with van der Waals surface area (Å²) in [4.78, 5) is 14.5. The van der Waals surface area contributed by atoms with E-state index in [0.29, 0.717) is 47.1 Å². The minimum atomic E-state index is -4.51. The Bertz CT molecular complexity index is 2390. The number of alkyl halides is 6. The largest absolute Gasteiger partial charge is 0.390 e. The maximum Gasteiger partial charge on any atom is 0.390 e. The van der Waals surface area contributed by atoms with E-state index in [9.17, 15) is 43.2 Å². The molecule has 2 aliphatic heterocycles. The van der Waals surface area contributed by atoms with Gasteiger partial charge in [-0.2, -0.15) is 26.3 Å². The summed E-state index contributed by atoms with van der Waals surface area (Å²) in [6.07, 6.45) is -3.75. The predicted octanol–water partition coefficient (Wildman–Crippen LogP) is 4.63. The van der Waals surface area contributed by atoms with Crippen molar-refractivity contribution in [1.29, 1.82) is 0 Å². The smallest absolute Gasteiger partial charge is 0.345 e. The summed E-state index contributed by atoms with van der Waals surface area (Å²) in [5, 5.41) is 16.8. The lowest BCUT2D eigenvalue weighted by Gasteiger charge is -2.17. The lowest BCUT2D eigenvalue weighted by atomic mass is 9.93. The van der Waals surface area contributed by atoms with Crippen LogP contribution in [0.1, 0.15) is 63.0 Å². The standard InChI is InChI=1S/2C16H19F3N6O2S/c2*1-2-10-8-24(28(26,27)6-4-16(17,18)19)9-11(10)15-23-22-13-7-21-14-12(25(13)15)3-5-20-14/h2*3,5,7,10-11,20H,2,4,6,8-9H2,1H3/t2*10-,11+/m10/s1. The number of halogens is 6. The molecule has 4 atom stereocenters. The number of H-pyrrole nitrogens is 2. The van der Waals surface area contributed by atoms with E-state index in [2.05, 4.69) is 40.3 Å². The fraction of sp³-hybridized carbons (Fsp3) is 0.562. The van der Waals surface area contributed by atoms with Gasteiger partial charge in [0, 0.05) is 50.4 Å². The van der Waals surface area contributed by atoms with E-state index in [0.717, 1.165) is 19.6 Å². The Kier molecular flexibility index (Phi) is 10.5. The lowest BCUT2D eigenvalue weighted by Crippen LogP contribution is -2.33. The summed E-state index contributed by atoms with van der Waals surface area (Å²) in [5.41, 5.74) is 3.91. The summed E-state index contributed by atoms with van der Waals surface area (Å²) in [6, 6.07) is 3.66. The normalized spacial score (nSPS) is 21.9. The molecule has 6 aromatic rings. The highest BCUT2D eigenvalue weighted by Crippen LogP contribution is 2.38. The Morgan fingerprint density at radius 1 is 0.643 bits per heavy atom. The average Bonchev–Trinajstić information content (AvgIpc) is 3.98. The molecule has 8 heterocycles. The number of hydrogen-bond donors (Lipinski definition) is 2. The fourth-order valence-corrected chi connectivity index (χ4v) is 10.7. The molecule has 0 aliphatic carbocycles. The number of sulfonamides is 2. The quantitative estimate of drug-likeness (QED) is 0.184. The van der Waals surface area contributed by atoms with Gasteiger partial charge in [-0.15, -0.1) is 20.4 Å². The van der Waals surface area contributed by atoms with Crippen molar-refractivity contribution in [2.75, 3.05) is 37.7 Å². The van der Waals surface area contributed by atoms with Gasteiger partial charge in [0.1, 0.15) is 11.6 Å². The minimum Gasteiger partial charge on any atom is -0.345 e. The summed E-state index contributed by atoms with van der Waals surface area (Å²) in [7, 11) is -8.02. The van der Waals surface area contributed by atoms with E-state index in [1.54, 1.807) is 24.8 Å². The Labute approximate surface area is 315 Å². The summed E-state index contributed by atoms with van der Waals surface area (Å²) >= 11 is 0. The van der Waals surface area contributed by atoms with Gasteiger partial charge in [-0.05, 0) is 24.0 Å². The molecule has 0 amide bonds. The van der Waals surface area contributed by atoms with E-state index in [-0.39, 0.29) is 49.9 Å². The number of nitrogens with one attached hydrogen (secondary N) is 2. The van der Waals surface area contributed by atoms with E-state index in [1.807, 2.05) is 34.8 Å². The van der Waals surface area contributed by atoms with Crippen LogP contribution in [0.3, 0.4) is 0 Å². The first-order valence-electron chi connectivity index (χ1n) is 17.8. The van der Waals surface area contributed by atoms with Gasteiger partial charge in [0.15, 0.2) is 22.6 Å². The van der Waals surface area contributed by atoms with E-state index >= 15 is 0 Å². The molecule has 0 spiro atoms. The molecule has 0 aromatic carbocycles. The zero-order valence-electron chi connectivity index (χ0n) is 30.0. The molecule has 24 heteroatoms. The highest BCUT2D eigenvalue weighted by atomic mass is 32.2. The maximum absolute atomic E-state index is 12.5. The second-order valence-corrected chi connectivity index (χ2v) is 18.2. The first-order valence-corrected chi connectivity index (χ1v) is 21.0. The highest BCUT2D eigenvalue weighted by Gasteiger charge is 2.44. The molecule has 2 fully saturated rings. The molecule has 2 saturated heterocycles. The van der Waals surface area contributed by atoms with Crippen LogP contribution in [0, 0.1) is 11.8 Å². The van der Waals surface area contributed by atoms with E-state index < -0.39 is 56.7 Å². The summed E-state index contributed by atoms with van der Waals surface area (Å²) < 4.78 is 131. The predicted molar refractivity (Wildman–Crippen MR) is 190 cm³/mol. The number of hydrogen-bond acceptors (Lipinski definition) is 10. The third-order valence-electron chi connectivity index (χ3n) is 10.5. The van der Waals surface area contributed by atoms with Gasteiger partial charge in [-0.3, -0.25) is 8.80 Å².